The molecule has 3 rings (SSSR count). The lowest BCUT2D eigenvalue weighted by molar-refractivity contribution is -0.135. The second kappa shape index (κ2) is 5.87. The van der Waals surface area contributed by atoms with Crippen LogP contribution >= 0.6 is 0 Å². The average Bonchev–Trinajstić information content (AvgIpc) is 2.74. The summed E-state index contributed by atoms with van der Waals surface area (Å²) in [4.78, 5) is 26.4. The molecule has 1 aromatic rings. The highest BCUT2D eigenvalue weighted by Gasteiger charge is 2.50. The van der Waals surface area contributed by atoms with Crippen molar-refractivity contribution in [1.82, 2.24) is 4.90 Å². The Hall–Kier alpha value is -1.91. The third-order valence-electron chi connectivity index (χ3n) is 5.14. The third-order valence-corrected chi connectivity index (χ3v) is 5.14. The van der Waals surface area contributed by atoms with Gasteiger partial charge in [-0.1, -0.05) is 20.8 Å². The van der Waals surface area contributed by atoms with E-state index >= 15 is 0 Å². The van der Waals surface area contributed by atoms with Gasteiger partial charge in [-0.15, -0.1) is 0 Å². The molecule has 4 nitrogen and oxygen atoms in total. The molecule has 24 heavy (non-hydrogen) atoms. The molecule has 2 bridgehead atoms. The monoisotopic (exact) mass is 333 g/mol. The highest BCUT2D eigenvalue weighted by molar-refractivity contribution is 5.91. The van der Waals surface area contributed by atoms with Crippen molar-refractivity contribution >= 4 is 11.9 Å². The van der Waals surface area contributed by atoms with E-state index in [0.717, 1.165) is 25.8 Å². The zero-order chi connectivity index (χ0) is 17.5. The van der Waals surface area contributed by atoms with Crippen molar-refractivity contribution in [3.05, 3.63) is 35.6 Å². The summed E-state index contributed by atoms with van der Waals surface area (Å²) in [6, 6.07) is 5.34. The maximum absolute atomic E-state index is 12.9. The number of fused-ring (bicyclic) bond motifs is 2. The topological polar surface area (TPSA) is 46.6 Å². The van der Waals surface area contributed by atoms with E-state index < -0.39 is 11.8 Å². The average molecular weight is 333 g/mol. The number of amides is 1. The van der Waals surface area contributed by atoms with Crippen LogP contribution in [0.1, 0.15) is 50.4 Å². The van der Waals surface area contributed by atoms with Gasteiger partial charge < -0.3 is 9.64 Å². The summed E-state index contributed by atoms with van der Waals surface area (Å²) < 4.78 is 18.0. The highest BCUT2D eigenvalue weighted by Crippen LogP contribution is 2.52. The van der Waals surface area contributed by atoms with Crippen LogP contribution in [-0.2, 0) is 9.53 Å². The fourth-order valence-electron chi connectivity index (χ4n) is 4.63. The molecule has 1 aliphatic heterocycles. The third kappa shape index (κ3) is 3.45. The van der Waals surface area contributed by atoms with Crippen molar-refractivity contribution in [2.75, 3.05) is 13.2 Å². The standard InChI is InChI=1S/C19H24FNO3/c1-18(2)8-15-9-19(3,11-18)12-21(15)16(22)10-24-17(23)13-4-6-14(20)7-5-13/h4-7,15H,8-12H2,1-3H3/t15-,19+/m1/s1. The molecule has 1 saturated carbocycles. The van der Waals surface area contributed by atoms with Crippen molar-refractivity contribution in [1.29, 1.82) is 0 Å². The lowest BCUT2D eigenvalue weighted by atomic mass is 9.65. The molecule has 1 amide bonds. The van der Waals surface area contributed by atoms with Crippen molar-refractivity contribution in [2.24, 2.45) is 10.8 Å². The number of nitrogens with zero attached hydrogens (tertiary/aromatic N) is 1. The number of ether oxygens (including phenoxy) is 1. The van der Waals surface area contributed by atoms with Gasteiger partial charge >= 0.3 is 5.97 Å². The van der Waals surface area contributed by atoms with E-state index in [1.807, 2.05) is 4.90 Å². The van der Waals surface area contributed by atoms with Gasteiger partial charge in [-0.2, -0.15) is 0 Å². The number of halogens is 1. The van der Waals surface area contributed by atoms with Crippen LogP contribution in [0.4, 0.5) is 4.39 Å². The van der Waals surface area contributed by atoms with E-state index in [-0.39, 0.29) is 34.9 Å². The van der Waals surface area contributed by atoms with Crippen LogP contribution in [0.15, 0.2) is 24.3 Å². The van der Waals surface area contributed by atoms with Gasteiger partial charge in [0.2, 0.25) is 0 Å². The summed E-state index contributed by atoms with van der Waals surface area (Å²) in [7, 11) is 0. The Morgan fingerprint density at radius 1 is 1.21 bits per heavy atom. The molecule has 2 aliphatic rings. The van der Waals surface area contributed by atoms with Gasteiger partial charge in [-0.05, 0) is 54.4 Å². The molecule has 2 fully saturated rings. The van der Waals surface area contributed by atoms with Gasteiger partial charge in [0.25, 0.3) is 5.91 Å². The summed E-state index contributed by atoms with van der Waals surface area (Å²) in [6.45, 7) is 7.20. The molecule has 5 heteroatoms. The first kappa shape index (κ1) is 16.9. The van der Waals surface area contributed by atoms with Crippen molar-refractivity contribution < 1.29 is 18.7 Å². The lowest BCUT2D eigenvalue weighted by Gasteiger charge is -2.39. The molecule has 1 aromatic carbocycles. The minimum absolute atomic E-state index is 0.142. The van der Waals surface area contributed by atoms with E-state index in [1.165, 1.54) is 24.3 Å². The summed E-state index contributed by atoms with van der Waals surface area (Å²) in [5.41, 5.74) is 0.637. The van der Waals surface area contributed by atoms with Crippen LogP contribution < -0.4 is 0 Å². The molecule has 2 atom stereocenters. The molecule has 0 radical (unpaired) electrons. The Morgan fingerprint density at radius 3 is 2.54 bits per heavy atom. The number of likely N-dealkylation sites (tertiary alicyclic amines) is 1. The minimum Gasteiger partial charge on any atom is -0.452 e. The van der Waals surface area contributed by atoms with Crippen molar-refractivity contribution in [2.45, 2.75) is 46.1 Å². The Balaban J connectivity index is 1.60. The molecule has 130 valence electrons. The summed E-state index contributed by atoms with van der Waals surface area (Å²) >= 11 is 0. The smallest absolute Gasteiger partial charge is 0.338 e. The number of benzene rings is 1. The predicted octanol–water partition coefficient (Wildman–Crippen LogP) is 3.41. The van der Waals surface area contributed by atoms with Crippen LogP contribution in [0.25, 0.3) is 0 Å². The molecular weight excluding hydrogens is 309 g/mol. The highest BCUT2D eigenvalue weighted by atomic mass is 19.1. The van der Waals surface area contributed by atoms with Crippen LogP contribution in [0.3, 0.4) is 0 Å². The zero-order valence-electron chi connectivity index (χ0n) is 14.5. The van der Waals surface area contributed by atoms with Crippen LogP contribution in [-0.4, -0.2) is 36.0 Å². The number of rotatable bonds is 3. The van der Waals surface area contributed by atoms with Crippen LogP contribution in [0.2, 0.25) is 0 Å². The molecule has 0 unspecified atom stereocenters. The Kier molecular flexibility index (Phi) is 4.14. The van der Waals surface area contributed by atoms with E-state index in [2.05, 4.69) is 20.8 Å². The lowest BCUT2D eigenvalue weighted by Crippen LogP contribution is -2.39. The van der Waals surface area contributed by atoms with Gasteiger partial charge in [0.1, 0.15) is 5.82 Å². The van der Waals surface area contributed by atoms with Crippen LogP contribution in [0.5, 0.6) is 0 Å². The number of esters is 1. The second-order valence-electron chi connectivity index (χ2n) is 8.32. The number of hydrogen-bond donors (Lipinski definition) is 0. The van der Waals surface area contributed by atoms with Gasteiger partial charge in [-0.3, -0.25) is 4.79 Å². The SMILES string of the molecule is CC1(C)C[C@@H]2C[C@](C)(CN2C(=O)COC(=O)c2ccc(F)cc2)C1. The largest absolute Gasteiger partial charge is 0.452 e. The van der Waals surface area contributed by atoms with Crippen molar-refractivity contribution in [3.63, 3.8) is 0 Å². The van der Waals surface area contributed by atoms with E-state index in [0.29, 0.717) is 0 Å². The van der Waals surface area contributed by atoms with Gasteiger partial charge in [-0.25, -0.2) is 9.18 Å². The second-order valence-corrected chi connectivity index (χ2v) is 8.32. The first-order valence-corrected chi connectivity index (χ1v) is 8.40. The van der Waals surface area contributed by atoms with E-state index in [1.54, 1.807) is 0 Å². The maximum atomic E-state index is 12.9. The quantitative estimate of drug-likeness (QED) is 0.797. The molecule has 0 N–H and O–H groups in total. The van der Waals surface area contributed by atoms with E-state index in [9.17, 15) is 14.0 Å². The first-order valence-electron chi connectivity index (χ1n) is 8.40. The fraction of sp³-hybridized carbons (Fsp3) is 0.579. The Labute approximate surface area is 142 Å². The number of hydrogen-bond acceptors (Lipinski definition) is 3. The molecule has 0 spiro atoms. The zero-order valence-corrected chi connectivity index (χ0v) is 14.5. The Morgan fingerprint density at radius 2 is 1.88 bits per heavy atom. The molecule has 0 aromatic heterocycles. The summed E-state index contributed by atoms with van der Waals surface area (Å²) in [5, 5.41) is 0. The van der Waals surface area contributed by atoms with Gasteiger partial charge in [0.15, 0.2) is 6.61 Å². The molecule has 1 saturated heterocycles. The van der Waals surface area contributed by atoms with Crippen molar-refractivity contribution in [3.8, 4) is 0 Å². The molecular formula is C19H24FNO3. The van der Waals surface area contributed by atoms with Gasteiger partial charge in [0, 0.05) is 12.6 Å². The Bertz CT molecular complexity index is 655. The predicted molar refractivity (Wildman–Crippen MR) is 87.9 cm³/mol. The minimum atomic E-state index is -0.600. The summed E-state index contributed by atoms with van der Waals surface area (Å²) in [6.07, 6.45) is 3.12. The van der Waals surface area contributed by atoms with Crippen LogP contribution in [0, 0.1) is 16.6 Å². The number of carbonyl (C=O) groups is 2. The first-order chi connectivity index (χ1) is 11.2. The summed E-state index contributed by atoms with van der Waals surface area (Å²) in [5.74, 6) is -1.16. The molecule has 1 aliphatic carbocycles. The fourth-order valence-corrected chi connectivity index (χ4v) is 4.63. The maximum Gasteiger partial charge on any atom is 0.338 e. The normalized spacial score (nSPS) is 27.8. The molecule has 1 heterocycles. The van der Waals surface area contributed by atoms with E-state index in [4.69, 9.17) is 4.74 Å². The number of carbonyl (C=O) groups excluding carboxylic acids is 2. The van der Waals surface area contributed by atoms with Gasteiger partial charge in [0.05, 0.1) is 5.56 Å².